The Kier molecular flexibility index (Phi) is 3.92. The quantitative estimate of drug-likeness (QED) is 0.660. The van der Waals surface area contributed by atoms with Gasteiger partial charge in [-0.1, -0.05) is 26.7 Å². The van der Waals surface area contributed by atoms with Crippen molar-refractivity contribution in [2.24, 2.45) is 5.92 Å². The van der Waals surface area contributed by atoms with Gasteiger partial charge in [-0.15, -0.1) is 0 Å². The van der Waals surface area contributed by atoms with Crippen molar-refractivity contribution < 1.29 is 0 Å². The molecule has 11 heavy (non-hydrogen) atoms. The molecule has 1 aliphatic carbocycles. The van der Waals surface area contributed by atoms with E-state index in [1.165, 1.54) is 38.6 Å². The van der Waals surface area contributed by atoms with Crippen LogP contribution >= 0.6 is 0 Å². The molecule has 1 saturated carbocycles. The number of hydrogen-bond acceptors (Lipinski definition) is 1. The first-order valence-electron chi connectivity index (χ1n) is 5.08. The zero-order valence-electron chi connectivity index (χ0n) is 7.90. The van der Waals surface area contributed by atoms with Gasteiger partial charge < -0.3 is 5.32 Å². The minimum Gasteiger partial charge on any atom is -0.314 e. The summed E-state index contributed by atoms with van der Waals surface area (Å²) in [7, 11) is 0. The predicted octanol–water partition coefficient (Wildman–Crippen LogP) is 2.56. The standard InChI is InChI=1S/C10H21N/c1-3-8-11-10-7-5-4-6-9(10)2/h9-11H,3-8H2,1-2H3/t9-,10+/m1/s1. The van der Waals surface area contributed by atoms with Gasteiger partial charge in [0.25, 0.3) is 0 Å². The Morgan fingerprint density at radius 3 is 2.64 bits per heavy atom. The molecule has 0 aliphatic heterocycles. The zero-order chi connectivity index (χ0) is 8.10. The topological polar surface area (TPSA) is 12.0 Å². The van der Waals surface area contributed by atoms with Crippen LogP contribution in [-0.4, -0.2) is 12.6 Å². The van der Waals surface area contributed by atoms with Gasteiger partial charge in [-0.3, -0.25) is 0 Å². The molecule has 2 atom stereocenters. The van der Waals surface area contributed by atoms with Crippen molar-refractivity contribution >= 4 is 0 Å². The van der Waals surface area contributed by atoms with E-state index in [9.17, 15) is 0 Å². The third-order valence-corrected chi connectivity index (χ3v) is 2.77. The Morgan fingerprint density at radius 1 is 1.27 bits per heavy atom. The predicted molar refractivity (Wildman–Crippen MR) is 49.7 cm³/mol. The van der Waals surface area contributed by atoms with Crippen molar-refractivity contribution in [3.05, 3.63) is 0 Å². The minimum absolute atomic E-state index is 0.823. The van der Waals surface area contributed by atoms with Crippen LogP contribution in [0.2, 0.25) is 0 Å². The molecule has 0 spiro atoms. The highest BCUT2D eigenvalue weighted by Gasteiger charge is 2.19. The fourth-order valence-electron chi connectivity index (χ4n) is 1.95. The van der Waals surface area contributed by atoms with Crippen molar-refractivity contribution in [2.45, 2.75) is 52.0 Å². The van der Waals surface area contributed by atoms with E-state index in [4.69, 9.17) is 0 Å². The summed E-state index contributed by atoms with van der Waals surface area (Å²) in [5.74, 6) is 0.912. The van der Waals surface area contributed by atoms with Gasteiger partial charge >= 0.3 is 0 Å². The van der Waals surface area contributed by atoms with Crippen LogP contribution in [0.1, 0.15) is 46.0 Å². The van der Waals surface area contributed by atoms with Crippen LogP contribution in [0.15, 0.2) is 0 Å². The molecule has 0 saturated heterocycles. The molecule has 0 bridgehead atoms. The third-order valence-electron chi connectivity index (χ3n) is 2.77. The van der Waals surface area contributed by atoms with Crippen molar-refractivity contribution in [3.8, 4) is 0 Å². The van der Waals surface area contributed by atoms with Gasteiger partial charge in [0.1, 0.15) is 0 Å². The summed E-state index contributed by atoms with van der Waals surface area (Å²) in [5.41, 5.74) is 0. The maximum atomic E-state index is 3.62. The average Bonchev–Trinajstić information content (AvgIpc) is 2.03. The van der Waals surface area contributed by atoms with Crippen LogP contribution in [0.25, 0.3) is 0 Å². The first kappa shape index (κ1) is 9.05. The Bertz CT molecular complexity index is 101. The molecule has 0 unspecified atom stereocenters. The van der Waals surface area contributed by atoms with E-state index in [0.717, 1.165) is 12.0 Å². The second kappa shape index (κ2) is 4.76. The van der Waals surface area contributed by atoms with E-state index in [0.29, 0.717) is 0 Å². The molecule has 66 valence electrons. The molecular formula is C10H21N. The molecule has 1 fully saturated rings. The summed E-state index contributed by atoms with van der Waals surface area (Å²) in [4.78, 5) is 0. The fourth-order valence-corrected chi connectivity index (χ4v) is 1.95. The van der Waals surface area contributed by atoms with Gasteiger partial charge in [0.05, 0.1) is 0 Å². The van der Waals surface area contributed by atoms with Gasteiger partial charge in [-0.2, -0.15) is 0 Å². The lowest BCUT2D eigenvalue weighted by Gasteiger charge is -2.29. The van der Waals surface area contributed by atoms with Crippen LogP contribution in [0.5, 0.6) is 0 Å². The van der Waals surface area contributed by atoms with Crippen LogP contribution in [-0.2, 0) is 0 Å². The number of rotatable bonds is 3. The van der Waals surface area contributed by atoms with Crippen LogP contribution < -0.4 is 5.32 Å². The van der Waals surface area contributed by atoms with E-state index < -0.39 is 0 Å². The van der Waals surface area contributed by atoms with Crippen LogP contribution in [0.4, 0.5) is 0 Å². The maximum absolute atomic E-state index is 3.62. The van der Waals surface area contributed by atoms with E-state index in [2.05, 4.69) is 19.2 Å². The Balaban J connectivity index is 2.18. The van der Waals surface area contributed by atoms with Gasteiger partial charge in [0.15, 0.2) is 0 Å². The van der Waals surface area contributed by atoms with Crippen molar-refractivity contribution in [2.75, 3.05) is 6.54 Å². The highest BCUT2D eigenvalue weighted by molar-refractivity contribution is 4.77. The molecule has 1 heteroatoms. The van der Waals surface area contributed by atoms with E-state index >= 15 is 0 Å². The SMILES string of the molecule is CCCN[C@H]1CCCC[C@H]1C. The van der Waals surface area contributed by atoms with E-state index in [1.54, 1.807) is 0 Å². The van der Waals surface area contributed by atoms with Crippen LogP contribution in [0.3, 0.4) is 0 Å². The Morgan fingerprint density at radius 2 is 2.00 bits per heavy atom. The Hall–Kier alpha value is -0.0400. The summed E-state index contributed by atoms with van der Waals surface area (Å²) in [5, 5.41) is 3.62. The molecule has 0 aromatic rings. The van der Waals surface area contributed by atoms with Crippen molar-refractivity contribution in [1.82, 2.24) is 5.32 Å². The monoisotopic (exact) mass is 155 g/mol. The van der Waals surface area contributed by atoms with Gasteiger partial charge in [0.2, 0.25) is 0 Å². The molecule has 0 amide bonds. The number of hydrogen-bond donors (Lipinski definition) is 1. The summed E-state index contributed by atoms with van der Waals surface area (Å²) >= 11 is 0. The summed E-state index contributed by atoms with van der Waals surface area (Å²) in [6.45, 7) is 5.82. The molecule has 1 nitrogen and oxygen atoms in total. The van der Waals surface area contributed by atoms with Crippen LogP contribution in [0, 0.1) is 5.92 Å². The average molecular weight is 155 g/mol. The molecule has 0 heterocycles. The fraction of sp³-hybridized carbons (Fsp3) is 1.00. The zero-order valence-corrected chi connectivity index (χ0v) is 7.90. The lowest BCUT2D eigenvalue weighted by molar-refractivity contribution is 0.281. The molecule has 0 aromatic carbocycles. The third kappa shape index (κ3) is 2.82. The second-order valence-electron chi connectivity index (χ2n) is 3.82. The summed E-state index contributed by atoms with van der Waals surface area (Å²) < 4.78 is 0. The van der Waals surface area contributed by atoms with E-state index in [1.807, 2.05) is 0 Å². The molecule has 1 N–H and O–H groups in total. The van der Waals surface area contributed by atoms with Crippen molar-refractivity contribution in [3.63, 3.8) is 0 Å². The first-order chi connectivity index (χ1) is 5.34. The summed E-state index contributed by atoms with van der Waals surface area (Å²) in [6.07, 6.45) is 6.99. The second-order valence-corrected chi connectivity index (χ2v) is 3.82. The highest BCUT2D eigenvalue weighted by atomic mass is 14.9. The Labute approximate surface area is 70.6 Å². The molecule has 1 rings (SSSR count). The van der Waals surface area contributed by atoms with Gasteiger partial charge in [0, 0.05) is 6.04 Å². The summed E-state index contributed by atoms with van der Waals surface area (Å²) in [6, 6.07) is 0.823. The normalized spacial score (nSPS) is 32.2. The largest absolute Gasteiger partial charge is 0.314 e. The molecule has 1 aliphatic rings. The van der Waals surface area contributed by atoms with Crippen molar-refractivity contribution in [1.29, 1.82) is 0 Å². The lowest BCUT2D eigenvalue weighted by atomic mass is 9.86. The molecule has 0 radical (unpaired) electrons. The first-order valence-corrected chi connectivity index (χ1v) is 5.08. The molecular weight excluding hydrogens is 134 g/mol. The smallest absolute Gasteiger partial charge is 0.00926 e. The molecule has 0 aromatic heterocycles. The highest BCUT2D eigenvalue weighted by Crippen LogP contribution is 2.23. The van der Waals surface area contributed by atoms with Gasteiger partial charge in [-0.05, 0) is 31.7 Å². The maximum Gasteiger partial charge on any atom is 0.00926 e. The van der Waals surface area contributed by atoms with E-state index in [-0.39, 0.29) is 0 Å². The minimum atomic E-state index is 0.823. The van der Waals surface area contributed by atoms with Gasteiger partial charge in [-0.25, -0.2) is 0 Å². The number of nitrogens with one attached hydrogen (secondary N) is 1. The lowest BCUT2D eigenvalue weighted by Crippen LogP contribution is -2.37.